The first-order chi connectivity index (χ1) is 31.9. The van der Waals surface area contributed by atoms with E-state index < -0.39 is 0 Å². The summed E-state index contributed by atoms with van der Waals surface area (Å²) in [6.45, 7) is 37.8. The summed E-state index contributed by atoms with van der Waals surface area (Å²) in [4.78, 5) is 0. The number of hydrogen-bond donors (Lipinski definition) is 0. The maximum atomic E-state index is 2.53. The molecule has 0 atom stereocenters. The molecular weight excluding hydrogens is 817 g/mol. The normalized spacial score (nSPS) is 13.6. The maximum absolute atomic E-state index is 2.53. The molecule has 0 heterocycles. The Morgan fingerprint density at radius 1 is 0.221 bits per heavy atom. The molecule has 0 spiro atoms. The molecule has 0 aliphatic heterocycles. The SMILES string of the molecule is Cc1c2ccc(-c3ccc4c(C)c5c6cc(C(C)(C)C)cc7ccc8cc(C(C)(C)C)cc(c5c(C)c4c3)c8c76)cc2c(C)c2c3cc(C(C)(C)C)cc4ccc5cc(C(C)(C)C)cc(c12)c5c43. The van der Waals surface area contributed by atoms with Gasteiger partial charge in [0.15, 0.2) is 0 Å². The lowest BCUT2D eigenvalue weighted by Gasteiger charge is -2.26. The lowest BCUT2D eigenvalue weighted by atomic mass is 9.77. The Balaban J connectivity index is 1.16. The van der Waals surface area contributed by atoms with Crippen LogP contribution in [0.3, 0.4) is 0 Å². The molecule has 0 aliphatic rings. The topological polar surface area (TPSA) is 0 Å². The van der Waals surface area contributed by atoms with Crippen molar-refractivity contribution in [3.63, 3.8) is 0 Å². The molecule has 0 aromatic heterocycles. The van der Waals surface area contributed by atoms with Crippen LogP contribution in [0.4, 0.5) is 0 Å². The van der Waals surface area contributed by atoms with Crippen LogP contribution < -0.4 is 0 Å². The van der Waals surface area contributed by atoms with Gasteiger partial charge in [0.1, 0.15) is 0 Å². The lowest BCUT2D eigenvalue weighted by molar-refractivity contribution is 0.591. The largest absolute Gasteiger partial charge is 0.0561 e. The minimum atomic E-state index is 0.0163. The molecule has 0 saturated heterocycles. The summed E-state index contributed by atoms with van der Waals surface area (Å²) in [6.07, 6.45) is 0. The second-order valence-electron chi connectivity index (χ2n) is 25.1. The minimum Gasteiger partial charge on any atom is -0.0561 e. The molecule has 338 valence electrons. The predicted octanol–water partition coefficient (Wildman–Crippen LogP) is 20.2. The molecule has 0 radical (unpaired) electrons. The quantitative estimate of drug-likeness (QED) is 0.114. The van der Waals surface area contributed by atoms with E-state index in [1.165, 1.54) is 163 Å². The Kier molecular flexibility index (Phi) is 8.69. The molecule has 0 amide bonds. The van der Waals surface area contributed by atoms with Crippen LogP contribution in [-0.4, -0.2) is 0 Å². The number of aryl methyl sites for hydroxylation is 4. The zero-order valence-electron chi connectivity index (χ0n) is 43.4. The zero-order chi connectivity index (χ0) is 48.0. The van der Waals surface area contributed by atoms with E-state index in [1.54, 1.807) is 0 Å². The van der Waals surface area contributed by atoms with Crippen LogP contribution in [0.25, 0.3) is 119 Å². The van der Waals surface area contributed by atoms with E-state index in [4.69, 9.17) is 0 Å². The summed E-state index contributed by atoms with van der Waals surface area (Å²) >= 11 is 0. The highest BCUT2D eigenvalue weighted by Gasteiger charge is 2.27. The van der Waals surface area contributed by atoms with E-state index in [1.807, 2.05) is 0 Å². The molecule has 12 aromatic carbocycles. The van der Waals surface area contributed by atoms with Crippen molar-refractivity contribution >= 4 is 108 Å². The zero-order valence-corrected chi connectivity index (χ0v) is 43.4. The van der Waals surface area contributed by atoms with Gasteiger partial charge in [-0.3, -0.25) is 0 Å². The molecule has 0 heteroatoms. The second-order valence-corrected chi connectivity index (χ2v) is 25.1. The molecule has 0 nitrogen and oxygen atoms in total. The van der Waals surface area contributed by atoms with Gasteiger partial charge in [-0.15, -0.1) is 0 Å². The summed E-state index contributed by atoms with van der Waals surface area (Å²) in [5.41, 5.74) is 13.6. The van der Waals surface area contributed by atoms with E-state index in [9.17, 15) is 0 Å². The Bertz CT molecular complexity index is 3900. The Morgan fingerprint density at radius 3 is 0.691 bits per heavy atom. The van der Waals surface area contributed by atoms with Crippen molar-refractivity contribution in [3.05, 3.63) is 154 Å². The van der Waals surface area contributed by atoms with Crippen molar-refractivity contribution in [1.29, 1.82) is 0 Å². The van der Waals surface area contributed by atoms with Crippen molar-refractivity contribution in [2.45, 2.75) is 132 Å². The molecule has 68 heavy (non-hydrogen) atoms. The summed E-state index contributed by atoms with van der Waals surface area (Å²) in [6, 6.07) is 44.1. The number of fused-ring (bicyclic) bond motifs is 8. The number of rotatable bonds is 1. The third-order valence-electron chi connectivity index (χ3n) is 16.6. The Hall–Kier alpha value is -6.24. The number of hydrogen-bond acceptors (Lipinski definition) is 0. The van der Waals surface area contributed by atoms with E-state index in [-0.39, 0.29) is 21.7 Å². The van der Waals surface area contributed by atoms with Gasteiger partial charge in [-0.25, -0.2) is 0 Å². The maximum Gasteiger partial charge on any atom is -0.00200 e. The average Bonchev–Trinajstić information content (AvgIpc) is 3.28. The van der Waals surface area contributed by atoms with Crippen LogP contribution >= 0.6 is 0 Å². The molecule has 0 saturated carbocycles. The van der Waals surface area contributed by atoms with Gasteiger partial charge in [0, 0.05) is 0 Å². The van der Waals surface area contributed by atoms with Crippen LogP contribution in [0.5, 0.6) is 0 Å². The lowest BCUT2D eigenvalue weighted by Crippen LogP contribution is -2.12. The molecule has 12 rings (SSSR count). The minimum absolute atomic E-state index is 0.0163. The Labute approximate surface area is 403 Å². The number of benzene rings is 12. The highest BCUT2D eigenvalue weighted by Crippen LogP contribution is 2.51. The van der Waals surface area contributed by atoms with Gasteiger partial charge in [-0.1, -0.05) is 156 Å². The highest BCUT2D eigenvalue weighted by molar-refractivity contribution is 6.38. The van der Waals surface area contributed by atoms with Crippen LogP contribution in [0.2, 0.25) is 0 Å². The summed E-state index contributed by atoms with van der Waals surface area (Å²) < 4.78 is 0. The van der Waals surface area contributed by atoms with E-state index >= 15 is 0 Å². The third kappa shape index (κ3) is 5.98. The fraction of sp³-hybridized carbons (Fsp3) is 0.294. The molecule has 0 N–H and O–H groups in total. The van der Waals surface area contributed by atoms with Gasteiger partial charge in [0.05, 0.1) is 0 Å². The first kappa shape index (κ1) is 43.1. The van der Waals surface area contributed by atoms with Crippen molar-refractivity contribution in [3.8, 4) is 11.1 Å². The summed E-state index contributed by atoms with van der Waals surface area (Å²) in [5.74, 6) is 0. The van der Waals surface area contributed by atoms with Gasteiger partial charge in [-0.2, -0.15) is 0 Å². The Morgan fingerprint density at radius 2 is 0.456 bits per heavy atom. The van der Waals surface area contributed by atoms with Gasteiger partial charge >= 0.3 is 0 Å². The molecule has 0 fully saturated rings. The van der Waals surface area contributed by atoms with E-state index in [0.717, 1.165) is 0 Å². The fourth-order valence-corrected chi connectivity index (χ4v) is 12.5. The molecular formula is C68H66. The molecule has 0 aliphatic carbocycles. The average molecular weight is 883 g/mol. The smallest absolute Gasteiger partial charge is 0.00200 e. The van der Waals surface area contributed by atoms with E-state index in [2.05, 4.69) is 220 Å². The molecule has 12 aromatic rings. The van der Waals surface area contributed by atoms with Gasteiger partial charge < -0.3 is 0 Å². The fourth-order valence-electron chi connectivity index (χ4n) is 12.5. The molecule has 0 unspecified atom stereocenters. The monoisotopic (exact) mass is 883 g/mol. The van der Waals surface area contributed by atoms with Crippen LogP contribution in [0, 0.1) is 27.7 Å². The van der Waals surface area contributed by atoms with Crippen LogP contribution in [0.1, 0.15) is 128 Å². The van der Waals surface area contributed by atoms with Gasteiger partial charge in [0.25, 0.3) is 0 Å². The summed E-state index contributed by atoms with van der Waals surface area (Å²) in [5, 5.41) is 27.5. The first-order valence-electron chi connectivity index (χ1n) is 25.2. The van der Waals surface area contributed by atoms with Crippen molar-refractivity contribution in [1.82, 2.24) is 0 Å². The van der Waals surface area contributed by atoms with Crippen molar-refractivity contribution in [2.24, 2.45) is 0 Å². The van der Waals surface area contributed by atoms with Crippen LogP contribution in [-0.2, 0) is 21.7 Å². The highest BCUT2D eigenvalue weighted by atomic mass is 14.3. The van der Waals surface area contributed by atoms with Gasteiger partial charge in [0.2, 0.25) is 0 Å². The van der Waals surface area contributed by atoms with E-state index in [0.29, 0.717) is 0 Å². The predicted molar refractivity (Wildman–Crippen MR) is 303 cm³/mol. The third-order valence-corrected chi connectivity index (χ3v) is 16.6. The van der Waals surface area contributed by atoms with Gasteiger partial charge in [-0.05, 0) is 249 Å². The van der Waals surface area contributed by atoms with Crippen molar-refractivity contribution < 1.29 is 0 Å². The first-order valence-corrected chi connectivity index (χ1v) is 25.2. The summed E-state index contributed by atoms with van der Waals surface area (Å²) in [7, 11) is 0. The second kappa shape index (κ2) is 13.7. The van der Waals surface area contributed by atoms with Crippen LogP contribution in [0.15, 0.2) is 109 Å². The standard InChI is InChI=1S/C68H66/c1-35-49-23-21-39(29-51(49)37(3)59-55-33-47(67(11,12)13)27-43-19-17-41-25-45(65(5,6)7)31-53(57(35)59)61(41)63(43)55)40-22-24-50-36(2)58-54-32-46(66(8,9)10)26-42-18-20-44-28-48(68(14,15)16)34-56(64(44)62(42)54)60(58)38(4)52(50)30-40/h17-34H,1-16H3. The van der Waals surface area contributed by atoms with Crippen molar-refractivity contribution in [2.75, 3.05) is 0 Å². The molecule has 0 bridgehead atoms.